The van der Waals surface area contributed by atoms with Crippen molar-refractivity contribution in [2.45, 2.75) is 0 Å². The third kappa shape index (κ3) is 6.14. The smallest absolute Gasteiger partial charge is 0.160 e. The normalized spacial score (nSPS) is 11.6. The largest absolute Gasteiger partial charge is 0.309 e. The molecular formula is C58H37N3. The van der Waals surface area contributed by atoms with Crippen molar-refractivity contribution in [3.8, 4) is 61.8 Å². The van der Waals surface area contributed by atoms with E-state index in [-0.39, 0.29) is 0 Å². The van der Waals surface area contributed by atoms with Crippen molar-refractivity contribution in [1.29, 1.82) is 0 Å². The molecule has 284 valence electrons. The van der Waals surface area contributed by atoms with Gasteiger partial charge in [-0.15, -0.1) is 0 Å². The van der Waals surface area contributed by atoms with Gasteiger partial charge in [0.1, 0.15) is 0 Å². The number of rotatable bonds is 6. The van der Waals surface area contributed by atoms with Crippen molar-refractivity contribution in [3.05, 3.63) is 224 Å². The lowest BCUT2D eigenvalue weighted by Gasteiger charge is -2.12. The number of nitrogens with zero attached hydrogens (tertiary/aromatic N) is 3. The molecule has 3 heteroatoms. The van der Waals surface area contributed by atoms with Crippen LogP contribution in [0.2, 0.25) is 0 Å². The lowest BCUT2D eigenvalue weighted by molar-refractivity contribution is 1.17. The van der Waals surface area contributed by atoms with E-state index in [1.165, 1.54) is 76.4 Å². The Morgan fingerprint density at radius 1 is 0.279 bits per heavy atom. The Bertz CT molecular complexity index is 3570. The quantitative estimate of drug-likeness (QED) is 0.168. The van der Waals surface area contributed by atoms with Crippen molar-refractivity contribution < 1.29 is 0 Å². The predicted molar refractivity (Wildman–Crippen MR) is 256 cm³/mol. The Hall–Kier alpha value is -8.14. The van der Waals surface area contributed by atoms with E-state index in [2.05, 4.69) is 205 Å². The van der Waals surface area contributed by atoms with Crippen LogP contribution in [0.5, 0.6) is 0 Å². The predicted octanol–water partition coefficient (Wildman–Crippen LogP) is 15.4. The van der Waals surface area contributed by atoms with Gasteiger partial charge >= 0.3 is 0 Å². The molecule has 0 bridgehead atoms. The number of fused-ring (bicyclic) bond motifs is 7. The van der Waals surface area contributed by atoms with Crippen LogP contribution in [0.25, 0.3) is 116 Å². The van der Waals surface area contributed by atoms with Crippen molar-refractivity contribution >= 4 is 54.1 Å². The second-order valence-corrected chi connectivity index (χ2v) is 15.8. The van der Waals surface area contributed by atoms with E-state index in [1.54, 1.807) is 0 Å². The third-order valence-corrected chi connectivity index (χ3v) is 12.2. The van der Waals surface area contributed by atoms with Crippen LogP contribution in [-0.4, -0.2) is 14.5 Å². The third-order valence-electron chi connectivity index (χ3n) is 12.2. The molecule has 10 aromatic carbocycles. The minimum absolute atomic E-state index is 0.712. The summed E-state index contributed by atoms with van der Waals surface area (Å²) in [5.74, 6) is 0.712. The van der Waals surface area contributed by atoms with Crippen molar-refractivity contribution in [3.63, 3.8) is 0 Å². The highest BCUT2D eigenvalue weighted by atomic mass is 15.0. The molecule has 2 heterocycles. The molecule has 0 aliphatic rings. The second kappa shape index (κ2) is 14.3. The fourth-order valence-electron chi connectivity index (χ4n) is 9.07. The minimum atomic E-state index is 0.712. The molecule has 0 atom stereocenters. The van der Waals surface area contributed by atoms with E-state index in [1.807, 2.05) is 24.3 Å². The molecule has 0 fully saturated rings. The van der Waals surface area contributed by atoms with Gasteiger partial charge in [-0.25, -0.2) is 9.97 Å². The van der Waals surface area contributed by atoms with Gasteiger partial charge in [0.2, 0.25) is 0 Å². The Balaban J connectivity index is 0.948. The minimum Gasteiger partial charge on any atom is -0.309 e. The van der Waals surface area contributed by atoms with E-state index in [0.29, 0.717) is 5.82 Å². The van der Waals surface area contributed by atoms with Gasteiger partial charge in [-0.2, -0.15) is 0 Å². The summed E-state index contributed by atoms with van der Waals surface area (Å²) in [5.41, 5.74) is 13.2. The first-order valence-corrected chi connectivity index (χ1v) is 20.8. The number of aromatic nitrogens is 3. The first-order valence-electron chi connectivity index (χ1n) is 20.8. The highest BCUT2D eigenvalue weighted by molar-refractivity contribution is 6.22. The van der Waals surface area contributed by atoms with Gasteiger partial charge < -0.3 is 4.57 Å². The standard InChI is InChI=1S/C58H37N3/c1-3-12-41(13-4-1)53-37-54(60-58(59-53)43-14-5-2-6-15-43)42-27-30-50(31-28-42)61-55-18-10-9-17-51(55)57-52-36-48(26-22-40(52)29-32-56(57)61)47-25-21-39-20-24-46(34-49(39)35-47)45-23-19-38-11-7-8-16-44(38)33-45/h1-37H. The summed E-state index contributed by atoms with van der Waals surface area (Å²) in [6.45, 7) is 0. The average molecular weight is 776 g/mol. The molecule has 0 aliphatic carbocycles. The van der Waals surface area contributed by atoms with Crippen LogP contribution >= 0.6 is 0 Å². The summed E-state index contributed by atoms with van der Waals surface area (Å²) in [4.78, 5) is 10.1. The average Bonchev–Trinajstić information content (AvgIpc) is 3.68. The van der Waals surface area contributed by atoms with Crippen LogP contribution in [0, 0.1) is 0 Å². The topological polar surface area (TPSA) is 30.7 Å². The fraction of sp³-hybridized carbons (Fsp3) is 0. The summed E-state index contributed by atoms with van der Waals surface area (Å²) in [6, 6.07) is 80.7. The van der Waals surface area contributed by atoms with Crippen LogP contribution in [-0.2, 0) is 0 Å². The lowest BCUT2D eigenvalue weighted by Crippen LogP contribution is -1.97. The molecule has 0 aliphatic heterocycles. The molecule has 0 amide bonds. The zero-order valence-electron chi connectivity index (χ0n) is 33.2. The summed E-state index contributed by atoms with van der Waals surface area (Å²) in [6.07, 6.45) is 0. The van der Waals surface area contributed by atoms with Gasteiger partial charge in [0.25, 0.3) is 0 Å². The van der Waals surface area contributed by atoms with E-state index in [0.717, 1.165) is 33.8 Å². The maximum atomic E-state index is 5.09. The van der Waals surface area contributed by atoms with Crippen LogP contribution < -0.4 is 0 Å². The maximum absolute atomic E-state index is 5.09. The van der Waals surface area contributed by atoms with Gasteiger partial charge in [-0.1, -0.05) is 170 Å². The van der Waals surface area contributed by atoms with Gasteiger partial charge in [-0.3, -0.25) is 0 Å². The molecule has 2 aromatic heterocycles. The molecule has 12 rings (SSSR count). The first kappa shape index (κ1) is 34.9. The van der Waals surface area contributed by atoms with Crippen molar-refractivity contribution in [2.24, 2.45) is 0 Å². The Kier molecular flexibility index (Phi) is 8.17. The van der Waals surface area contributed by atoms with Crippen molar-refractivity contribution in [1.82, 2.24) is 14.5 Å². The van der Waals surface area contributed by atoms with Gasteiger partial charge in [-0.05, 0) is 109 Å². The zero-order chi connectivity index (χ0) is 40.3. The molecule has 0 saturated carbocycles. The van der Waals surface area contributed by atoms with E-state index >= 15 is 0 Å². The fourth-order valence-corrected chi connectivity index (χ4v) is 9.07. The van der Waals surface area contributed by atoms with Crippen LogP contribution in [0.4, 0.5) is 0 Å². The van der Waals surface area contributed by atoms with Crippen molar-refractivity contribution in [2.75, 3.05) is 0 Å². The second-order valence-electron chi connectivity index (χ2n) is 15.8. The Labute approximate surface area is 353 Å². The summed E-state index contributed by atoms with van der Waals surface area (Å²) in [5, 5.41) is 9.94. The first-order chi connectivity index (χ1) is 30.2. The van der Waals surface area contributed by atoms with Crippen LogP contribution in [0.1, 0.15) is 0 Å². The summed E-state index contributed by atoms with van der Waals surface area (Å²) < 4.78 is 2.40. The Morgan fingerprint density at radius 3 is 1.46 bits per heavy atom. The molecule has 61 heavy (non-hydrogen) atoms. The number of para-hydroxylation sites is 1. The van der Waals surface area contributed by atoms with E-state index in [4.69, 9.17) is 9.97 Å². The molecule has 0 spiro atoms. The number of benzene rings is 10. The monoisotopic (exact) mass is 775 g/mol. The molecule has 0 N–H and O–H groups in total. The summed E-state index contributed by atoms with van der Waals surface area (Å²) in [7, 11) is 0. The Morgan fingerprint density at radius 2 is 0.770 bits per heavy atom. The highest BCUT2D eigenvalue weighted by Gasteiger charge is 2.17. The highest BCUT2D eigenvalue weighted by Crippen LogP contribution is 2.40. The number of hydrogen-bond acceptors (Lipinski definition) is 2. The molecule has 0 radical (unpaired) electrons. The molecule has 0 saturated heterocycles. The zero-order valence-corrected chi connectivity index (χ0v) is 33.2. The maximum Gasteiger partial charge on any atom is 0.160 e. The van der Waals surface area contributed by atoms with E-state index in [9.17, 15) is 0 Å². The van der Waals surface area contributed by atoms with Gasteiger partial charge in [0.15, 0.2) is 5.82 Å². The molecular weight excluding hydrogens is 739 g/mol. The molecule has 0 unspecified atom stereocenters. The SMILES string of the molecule is c1ccc(-c2cc(-c3ccc(-n4c5ccccc5c5c6cc(-c7ccc8ccc(-c9ccc%10ccccc%10c9)cc8c7)ccc6ccc54)cc3)nc(-c3ccccc3)n2)cc1. The number of hydrogen-bond donors (Lipinski definition) is 0. The van der Waals surface area contributed by atoms with Gasteiger partial charge in [0, 0.05) is 33.2 Å². The summed E-state index contributed by atoms with van der Waals surface area (Å²) >= 11 is 0. The lowest BCUT2D eigenvalue weighted by atomic mass is 9.95. The molecule has 3 nitrogen and oxygen atoms in total. The van der Waals surface area contributed by atoms with Crippen LogP contribution in [0.3, 0.4) is 0 Å². The van der Waals surface area contributed by atoms with Gasteiger partial charge in [0.05, 0.1) is 22.4 Å². The molecule has 12 aromatic rings. The van der Waals surface area contributed by atoms with Crippen LogP contribution in [0.15, 0.2) is 224 Å². The van der Waals surface area contributed by atoms with E-state index < -0.39 is 0 Å².